The van der Waals surface area contributed by atoms with Crippen LogP contribution in [0.15, 0.2) is 52.4 Å². The highest BCUT2D eigenvalue weighted by Crippen LogP contribution is 2.35. The van der Waals surface area contributed by atoms with E-state index in [-0.39, 0.29) is 17.0 Å². The summed E-state index contributed by atoms with van der Waals surface area (Å²) in [5, 5.41) is 3.46. The number of anilines is 1. The number of nitrogens with zero attached hydrogens (tertiary/aromatic N) is 2. The van der Waals surface area contributed by atoms with Gasteiger partial charge in [-0.2, -0.15) is 0 Å². The Labute approximate surface area is 214 Å². The second-order valence-electron chi connectivity index (χ2n) is 8.31. The number of hydrogen-bond donors (Lipinski definition) is 1. The molecule has 0 aliphatic heterocycles. The number of aryl methyl sites for hydroxylation is 2. The Morgan fingerprint density at radius 1 is 1.17 bits per heavy atom. The predicted octanol–water partition coefficient (Wildman–Crippen LogP) is 5.73. The van der Waals surface area contributed by atoms with Crippen molar-refractivity contribution in [3.8, 4) is 11.4 Å². The molecule has 4 aromatic rings. The summed E-state index contributed by atoms with van der Waals surface area (Å²) in [4.78, 5) is 33.0. The molecule has 186 valence electrons. The van der Waals surface area contributed by atoms with Crippen LogP contribution in [0.2, 0.25) is 0 Å². The summed E-state index contributed by atoms with van der Waals surface area (Å²) >= 11 is 2.62. The molecule has 0 unspecified atom stereocenters. The summed E-state index contributed by atoms with van der Waals surface area (Å²) < 4.78 is 34.2. The second-order valence-corrected chi connectivity index (χ2v) is 10.3. The Morgan fingerprint density at radius 3 is 2.69 bits per heavy atom. The number of hydrogen-bond acceptors (Lipinski definition) is 6. The van der Waals surface area contributed by atoms with Crippen molar-refractivity contribution in [1.29, 1.82) is 0 Å². The molecule has 0 saturated carbocycles. The Balaban J connectivity index is 1.50. The summed E-state index contributed by atoms with van der Waals surface area (Å²) in [6.07, 6.45) is 3.92. The van der Waals surface area contributed by atoms with Gasteiger partial charge in [-0.1, -0.05) is 11.8 Å². The first-order valence-corrected chi connectivity index (χ1v) is 13.4. The summed E-state index contributed by atoms with van der Waals surface area (Å²) in [7, 11) is 0. The molecule has 10 heteroatoms. The standard InChI is InChI=1S/C26H23F2N3O3S2/c1-2-34-17-10-8-16(9-11-17)31-25(33)23-18-5-3-4-6-21(18)36-24(23)30-26(31)35-14-22(32)29-20-12-7-15(27)13-19(20)28/h7-13H,2-6,14H2,1H3,(H,29,32). The van der Waals surface area contributed by atoms with Crippen LogP contribution in [-0.4, -0.2) is 27.8 Å². The van der Waals surface area contributed by atoms with E-state index in [0.29, 0.717) is 39.5 Å². The van der Waals surface area contributed by atoms with Crippen LogP contribution in [0.5, 0.6) is 5.75 Å². The molecule has 6 nitrogen and oxygen atoms in total. The van der Waals surface area contributed by atoms with Gasteiger partial charge in [0.25, 0.3) is 5.56 Å². The molecule has 0 fully saturated rings. The normalized spacial score (nSPS) is 13.0. The van der Waals surface area contributed by atoms with Crippen molar-refractivity contribution in [2.45, 2.75) is 37.8 Å². The molecule has 1 amide bonds. The van der Waals surface area contributed by atoms with Gasteiger partial charge in [0.15, 0.2) is 5.16 Å². The molecule has 36 heavy (non-hydrogen) atoms. The zero-order chi connectivity index (χ0) is 25.2. The average molecular weight is 528 g/mol. The molecular weight excluding hydrogens is 504 g/mol. The first-order chi connectivity index (χ1) is 17.4. The van der Waals surface area contributed by atoms with Crippen LogP contribution in [0.3, 0.4) is 0 Å². The highest BCUT2D eigenvalue weighted by atomic mass is 32.2. The molecule has 1 aliphatic rings. The van der Waals surface area contributed by atoms with Crippen molar-refractivity contribution in [2.75, 3.05) is 17.7 Å². The number of thiophene rings is 1. The Kier molecular flexibility index (Phi) is 7.06. The number of fused-ring (bicyclic) bond motifs is 3. The molecule has 5 rings (SSSR count). The smallest absolute Gasteiger partial charge is 0.267 e. The average Bonchev–Trinajstić information content (AvgIpc) is 3.24. The van der Waals surface area contributed by atoms with Gasteiger partial charge in [-0.25, -0.2) is 13.8 Å². The Morgan fingerprint density at radius 2 is 1.94 bits per heavy atom. The van der Waals surface area contributed by atoms with Crippen LogP contribution < -0.4 is 15.6 Å². The fourth-order valence-electron chi connectivity index (χ4n) is 4.28. The van der Waals surface area contributed by atoms with Crippen LogP contribution in [-0.2, 0) is 17.6 Å². The van der Waals surface area contributed by atoms with Gasteiger partial charge in [-0.05, 0) is 74.6 Å². The number of carbonyl (C=O) groups excluding carboxylic acids is 1. The first-order valence-electron chi connectivity index (χ1n) is 11.6. The van der Waals surface area contributed by atoms with Gasteiger partial charge >= 0.3 is 0 Å². The van der Waals surface area contributed by atoms with E-state index in [1.165, 1.54) is 26.8 Å². The van der Waals surface area contributed by atoms with Crippen molar-refractivity contribution in [1.82, 2.24) is 9.55 Å². The Hall–Kier alpha value is -3.24. The van der Waals surface area contributed by atoms with Crippen molar-refractivity contribution in [2.24, 2.45) is 0 Å². The molecule has 2 heterocycles. The minimum Gasteiger partial charge on any atom is -0.494 e. The largest absolute Gasteiger partial charge is 0.494 e. The van der Waals surface area contributed by atoms with Gasteiger partial charge in [0.05, 0.1) is 29.1 Å². The second kappa shape index (κ2) is 10.4. The van der Waals surface area contributed by atoms with Crippen molar-refractivity contribution in [3.63, 3.8) is 0 Å². The van der Waals surface area contributed by atoms with Gasteiger partial charge in [-0.3, -0.25) is 14.2 Å². The minimum absolute atomic E-state index is 0.111. The molecule has 0 bridgehead atoms. The maximum Gasteiger partial charge on any atom is 0.267 e. The number of amides is 1. The predicted molar refractivity (Wildman–Crippen MR) is 139 cm³/mol. The van der Waals surface area contributed by atoms with E-state index in [9.17, 15) is 18.4 Å². The van der Waals surface area contributed by atoms with E-state index in [0.717, 1.165) is 49.1 Å². The number of benzene rings is 2. The SMILES string of the molecule is CCOc1ccc(-n2c(SCC(=O)Nc3ccc(F)cc3F)nc3sc4c(c3c2=O)CCCC4)cc1. The lowest BCUT2D eigenvalue weighted by atomic mass is 9.97. The van der Waals surface area contributed by atoms with E-state index in [4.69, 9.17) is 9.72 Å². The van der Waals surface area contributed by atoms with E-state index >= 15 is 0 Å². The maximum absolute atomic E-state index is 14.0. The first kappa shape index (κ1) is 24.5. The summed E-state index contributed by atoms with van der Waals surface area (Å²) in [5.41, 5.74) is 1.41. The molecular formula is C26H23F2N3O3S2. The summed E-state index contributed by atoms with van der Waals surface area (Å²) in [6.45, 7) is 2.42. The number of carbonyl (C=O) groups is 1. The van der Waals surface area contributed by atoms with Gasteiger partial charge < -0.3 is 10.1 Å². The van der Waals surface area contributed by atoms with Crippen LogP contribution in [0.4, 0.5) is 14.5 Å². The molecule has 0 spiro atoms. The number of rotatable bonds is 7. The van der Waals surface area contributed by atoms with Crippen molar-refractivity contribution in [3.05, 3.63) is 74.9 Å². The van der Waals surface area contributed by atoms with Gasteiger partial charge in [-0.15, -0.1) is 11.3 Å². The lowest BCUT2D eigenvalue weighted by molar-refractivity contribution is -0.113. The molecule has 1 N–H and O–H groups in total. The van der Waals surface area contributed by atoms with Gasteiger partial charge in [0, 0.05) is 10.9 Å². The third-order valence-electron chi connectivity index (χ3n) is 5.90. The topological polar surface area (TPSA) is 73.2 Å². The summed E-state index contributed by atoms with van der Waals surface area (Å²) in [5.74, 6) is -1.51. The van der Waals surface area contributed by atoms with Crippen LogP contribution in [0, 0.1) is 11.6 Å². The fourth-order valence-corrected chi connectivity index (χ4v) is 6.39. The summed E-state index contributed by atoms with van der Waals surface area (Å²) in [6, 6.07) is 10.1. The third kappa shape index (κ3) is 4.87. The lowest BCUT2D eigenvalue weighted by Gasteiger charge is -2.14. The zero-order valence-electron chi connectivity index (χ0n) is 19.5. The van der Waals surface area contributed by atoms with Gasteiger partial charge in [0.2, 0.25) is 5.91 Å². The van der Waals surface area contributed by atoms with Gasteiger partial charge in [0.1, 0.15) is 22.2 Å². The van der Waals surface area contributed by atoms with E-state index < -0.39 is 17.5 Å². The number of nitrogens with one attached hydrogen (secondary N) is 1. The third-order valence-corrected chi connectivity index (χ3v) is 8.03. The monoisotopic (exact) mass is 527 g/mol. The van der Waals surface area contributed by atoms with Crippen LogP contribution in [0.1, 0.15) is 30.2 Å². The lowest BCUT2D eigenvalue weighted by Crippen LogP contribution is -2.23. The molecule has 0 atom stereocenters. The molecule has 2 aromatic heterocycles. The highest BCUT2D eigenvalue weighted by Gasteiger charge is 2.23. The van der Waals surface area contributed by atoms with E-state index in [1.54, 1.807) is 24.3 Å². The minimum atomic E-state index is -0.858. The molecule has 0 radical (unpaired) electrons. The van der Waals surface area contributed by atoms with Crippen molar-refractivity contribution >= 4 is 44.9 Å². The van der Waals surface area contributed by atoms with Crippen LogP contribution >= 0.6 is 23.1 Å². The Bertz CT molecular complexity index is 1500. The van der Waals surface area contributed by atoms with E-state index in [2.05, 4.69) is 5.32 Å². The molecule has 1 aliphatic carbocycles. The number of ether oxygens (including phenoxy) is 1. The zero-order valence-corrected chi connectivity index (χ0v) is 21.1. The number of aromatic nitrogens is 2. The molecule has 0 saturated heterocycles. The number of halogens is 2. The quantitative estimate of drug-likeness (QED) is 0.245. The van der Waals surface area contributed by atoms with E-state index in [1.807, 2.05) is 6.92 Å². The van der Waals surface area contributed by atoms with Crippen LogP contribution in [0.25, 0.3) is 15.9 Å². The molecule has 2 aromatic carbocycles. The number of thioether (sulfide) groups is 1. The maximum atomic E-state index is 14.0. The highest BCUT2D eigenvalue weighted by molar-refractivity contribution is 7.99. The fraction of sp³-hybridized carbons (Fsp3) is 0.269. The van der Waals surface area contributed by atoms with Crippen molar-refractivity contribution < 1.29 is 18.3 Å².